The van der Waals surface area contributed by atoms with Crippen molar-refractivity contribution in [2.45, 2.75) is 26.4 Å². The van der Waals surface area contributed by atoms with Crippen LogP contribution in [0, 0.1) is 0 Å². The van der Waals surface area contributed by atoms with Crippen LogP contribution in [0.3, 0.4) is 0 Å². The first-order valence-corrected chi connectivity index (χ1v) is 12.0. The molecule has 4 rings (SSSR count). The number of fused-ring (bicyclic) bond motifs is 1. The van der Waals surface area contributed by atoms with E-state index in [1.54, 1.807) is 22.2 Å². The first-order chi connectivity index (χ1) is 17.6. The van der Waals surface area contributed by atoms with Gasteiger partial charge in [-0.3, -0.25) is 4.98 Å². The van der Waals surface area contributed by atoms with Crippen LogP contribution in [0.1, 0.15) is 20.8 Å². The Bertz CT molecular complexity index is 1230. The van der Waals surface area contributed by atoms with E-state index in [0.717, 1.165) is 16.5 Å². The number of benzene rings is 1. The molecule has 2 aromatic rings. The van der Waals surface area contributed by atoms with E-state index in [1.165, 1.54) is 14.2 Å². The van der Waals surface area contributed by atoms with Gasteiger partial charge in [-0.15, -0.1) is 0 Å². The van der Waals surface area contributed by atoms with Gasteiger partial charge in [0, 0.05) is 55.0 Å². The number of methoxy groups -OCH3 is 2. The molecule has 3 heterocycles. The number of rotatable bonds is 4. The molecule has 11 heteroatoms. The van der Waals surface area contributed by atoms with Crippen LogP contribution in [0.5, 0.6) is 0 Å². The van der Waals surface area contributed by atoms with E-state index in [1.807, 2.05) is 39.0 Å². The van der Waals surface area contributed by atoms with Gasteiger partial charge in [-0.05, 0) is 39.0 Å². The number of aromatic nitrogens is 1. The average molecular weight is 513 g/mol. The van der Waals surface area contributed by atoms with Crippen molar-refractivity contribution in [1.82, 2.24) is 9.88 Å². The van der Waals surface area contributed by atoms with Gasteiger partial charge in [0.15, 0.2) is 0 Å². The summed E-state index contributed by atoms with van der Waals surface area (Å²) in [7, 11) is 2.51. The van der Waals surface area contributed by atoms with Crippen molar-refractivity contribution in [3.63, 3.8) is 0 Å². The molecule has 2 aliphatic heterocycles. The lowest BCUT2D eigenvalue weighted by atomic mass is 10.0. The lowest BCUT2D eigenvalue weighted by Crippen LogP contribution is -2.50. The lowest BCUT2D eigenvalue weighted by molar-refractivity contribution is -0.140. The molecule has 0 unspecified atom stereocenters. The Kier molecular flexibility index (Phi) is 7.53. The number of anilines is 2. The first kappa shape index (κ1) is 26.2. The molecule has 1 aromatic heterocycles. The summed E-state index contributed by atoms with van der Waals surface area (Å²) in [5.41, 5.74) is 1.22. The Hall–Kier alpha value is -3.86. The second kappa shape index (κ2) is 10.6. The van der Waals surface area contributed by atoms with E-state index in [0.29, 0.717) is 31.9 Å². The Labute approximate surface area is 215 Å². The molecule has 0 spiro atoms. The van der Waals surface area contributed by atoms with Crippen molar-refractivity contribution in [2.24, 2.45) is 0 Å². The van der Waals surface area contributed by atoms with Crippen LogP contribution in [-0.4, -0.2) is 87.3 Å². The molecule has 0 bridgehead atoms. The summed E-state index contributed by atoms with van der Waals surface area (Å²) in [5.74, 6) is -1.32. The van der Waals surface area contributed by atoms with Gasteiger partial charge in [0.25, 0.3) is 0 Å². The number of hydrogen-bond acceptors (Lipinski definition) is 10. The fourth-order valence-electron chi connectivity index (χ4n) is 4.46. The predicted octanol–water partition coefficient (Wildman–Crippen LogP) is 2.69. The van der Waals surface area contributed by atoms with Crippen LogP contribution in [0.2, 0.25) is 0 Å². The van der Waals surface area contributed by atoms with Gasteiger partial charge < -0.3 is 33.6 Å². The maximum atomic E-state index is 12.8. The third kappa shape index (κ3) is 5.46. The van der Waals surface area contributed by atoms with Gasteiger partial charge in [-0.1, -0.05) is 0 Å². The number of hydrogen-bond donors (Lipinski definition) is 0. The smallest absolute Gasteiger partial charge is 0.410 e. The molecule has 11 nitrogen and oxygen atoms in total. The van der Waals surface area contributed by atoms with E-state index < -0.39 is 17.5 Å². The third-order valence-corrected chi connectivity index (χ3v) is 6.17. The van der Waals surface area contributed by atoms with E-state index in [2.05, 4.69) is 9.88 Å². The number of nitrogens with zero attached hydrogens (tertiary/aromatic N) is 4. The second-order valence-corrected chi connectivity index (χ2v) is 9.70. The van der Waals surface area contributed by atoms with Gasteiger partial charge in [0.1, 0.15) is 18.0 Å². The number of carbonyl (C=O) groups excluding carboxylic acids is 3. The lowest BCUT2D eigenvalue weighted by Gasteiger charge is -2.37. The van der Waals surface area contributed by atoms with Crippen LogP contribution in [0.15, 0.2) is 41.9 Å². The van der Waals surface area contributed by atoms with Crippen molar-refractivity contribution in [3.05, 3.63) is 41.9 Å². The largest absolute Gasteiger partial charge is 0.466 e. The molecule has 0 aliphatic carbocycles. The third-order valence-electron chi connectivity index (χ3n) is 6.17. The maximum absolute atomic E-state index is 12.8. The molecule has 0 N–H and O–H groups in total. The van der Waals surface area contributed by atoms with Crippen LogP contribution in [0.25, 0.3) is 10.8 Å². The number of carbonyl (C=O) groups is 3. The van der Waals surface area contributed by atoms with Crippen molar-refractivity contribution in [1.29, 1.82) is 0 Å². The Morgan fingerprint density at radius 3 is 2.24 bits per heavy atom. The van der Waals surface area contributed by atoms with Crippen molar-refractivity contribution in [2.75, 3.05) is 63.5 Å². The molecule has 0 radical (unpaired) electrons. The fourth-order valence-corrected chi connectivity index (χ4v) is 4.46. The number of esters is 2. The highest BCUT2D eigenvalue weighted by atomic mass is 16.6. The van der Waals surface area contributed by atoms with Gasteiger partial charge >= 0.3 is 18.0 Å². The van der Waals surface area contributed by atoms with Crippen LogP contribution < -0.4 is 9.80 Å². The first-order valence-electron chi connectivity index (χ1n) is 12.0. The molecule has 198 valence electrons. The Morgan fingerprint density at radius 2 is 1.59 bits per heavy atom. The van der Waals surface area contributed by atoms with Crippen molar-refractivity contribution >= 4 is 40.2 Å². The molecule has 0 saturated carbocycles. The normalized spacial score (nSPS) is 16.6. The van der Waals surface area contributed by atoms with E-state index in [4.69, 9.17) is 18.9 Å². The average Bonchev–Trinajstić information content (AvgIpc) is 2.90. The number of ether oxygens (including phenoxy) is 4. The van der Waals surface area contributed by atoms with Gasteiger partial charge in [0.2, 0.25) is 0 Å². The summed E-state index contributed by atoms with van der Waals surface area (Å²) in [4.78, 5) is 47.5. The minimum absolute atomic E-state index is 0.0445. The zero-order chi connectivity index (χ0) is 26.7. The minimum atomic E-state index is -0.664. The standard InChI is InChI=1S/C26H32N4O7/c1-26(2,3)37-25(33)29-12-10-28(11-13-29)20-6-7-21(18-14-27-9-8-17(18)20)30-16-36-15-19(23(31)34-4)22(30)24(32)35-5/h6-9,14H,10-13,15-16H2,1-5H3. The van der Waals surface area contributed by atoms with E-state index >= 15 is 0 Å². The highest BCUT2D eigenvalue weighted by Gasteiger charge is 2.34. The summed E-state index contributed by atoms with van der Waals surface area (Å²) >= 11 is 0. The maximum Gasteiger partial charge on any atom is 0.410 e. The molecule has 1 aromatic carbocycles. The quantitative estimate of drug-likeness (QED) is 0.448. The molecule has 0 atom stereocenters. The highest BCUT2D eigenvalue weighted by Crippen LogP contribution is 2.37. The molecule has 1 saturated heterocycles. The van der Waals surface area contributed by atoms with Crippen LogP contribution in [0.4, 0.5) is 16.2 Å². The summed E-state index contributed by atoms with van der Waals surface area (Å²) in [6, 6.07) is 5.73. The molecular weight excluding hydrogens is 480 g/mol. The van der Waals surface area contributed by atoms with E-state index in [9.17, 15) is 14.4 Å². The van der Waals surface area contributed by atoms with E-state index in [-0.39, 0.29) is 30.7 Å². The topological polar surface area (TPSA) is 111 Å². The molecule has 37 heavy (non-hydrogen) atoms. The van der Waals surface area contributed by atoms with Crippen LogP contribution in [-0.2, 0) is 28.5 Å². The zero-order valence-corrected chi connectivity index (χ0v) is 21.8. The number of piperazine rings is 1. The highest BCUT2D eigenvalue weighted by molar-refractivity contribution is 6.08. The molecular formula is C26H32N4O7. The Morgan fingerprint density at radius 1 is 0.919 bits per heavy atom. The second-order valence-electron chi connectivity index (χ2n) is 9.70. The van der Waals surface area contributed by atoms with Gasteiger partial charge in [0.05, 0.1) is 32.1 Å². The summed E-state index contributed by atoms with van der Waals surface area (Å²) in [6.45, 7) is 7.85. The van der Waals surface area contributed by atoms with Gasteiger partial charge in [-0.25, -0.2) is 14.4 Å². The summed E-state index contributed by atoms with van der Waals surface area (Å²) in [6.07, 6.45) is 3.10. The van der Waals surface area contributed by atoms with Crippen LogP contribution >= 0.6 is 0 Å². The Balaban J connectivity index is 1.67. The monoisotopic (exact) mass is 512 g/mol. The summed E-state index contributed by atoms with van der Waals surface area (Å²) in [5, 5.41) is 1.68. The van der Waals surface area contributed by atoms with Crippen molar-refractivity contribution < 1.29 is 33.3 Å². The molecule has 2 aliphatic rings. The fraction of sp³-hybridized carbons (Fsp3) is 0.462. The summed E-state index contributed by atoms with van der Waals surface area (Å²) < 4.78 is 21.0. The molecule has 1 fully saturated rings. The zero-order valence-electron chi connectivity index (χ0n) is 21.8. The number of pyridine rings is 1. The number of amides is 1. The predicted molar refractivity (Wildman–Crippen MR) is 136 cm³/mol. The SMILES string of the molecule is COC(=O)C1=C(C(=O)OC)N(c2ccc(N3CCN(C(=O)OC(C)(C)C)CC3)c3ccncc23)COC1. The minimum Gasteiger partial charge on any atom is -0.466 e. The van der Waals surface area contributed by atoms with Crippen molar-refractivity contribution in [3.8, 4) is 0 Å². The van der Waals surface area contributed by atoms with Gasteiger partial charge in [-0.2, -0.15) is 0 Å². The molecule has 1 amide bonds.